The number of para-hydroxylation sites is 1. The molecule has 1 atom stereocenters. The molecule has 1 unspecified atom stereocenters. The Morgan fingerprint density at radius 2 is 2.11 bits per heavy atom. The van der Waals surface area contributed by atoms with Crippen molar-refractivity contribution in [2.75, 3.05) is 6.61 Å². The second-order valence-corrected chi connectivity index (χ2v) is 7.36. The van der Waals surface area contributed by atoms with Crippen molar-refractivity contribution in [2.24, 2.45) is 0 Å². The van der Waals surface area contributed by atoms with E-state index in [-0.39, 0.29) is 12.5 Å². The lowest BCUT2D eigenvalue weighted by Crippen LogP contribution is -2.47. The van der Waals surface area contributed by atoms with E-state index in [9.17, 15) is 9.59 Å². The summed E-state index contributed by atoms with van der Waals surface area (Å²) in [6.07, 6.45) is 2.00. The fourth-order valence-electron chi connectivity index (χ4n) is 3.57. The van der Waals surface area contributed by atoms with Crippen molar-refractivity contribution in [2.45, 2.75) is 18.5 Å². The van der Waals surface area contributed by atoms with Gasteiger partial charge in [-0.1, -0.05) is 24.3 Å². The maximum atomic E-state index is 13.2. The van der Waals surface area contributed by atoms with Crippen LogP contribution in [0.3, 0.4) is 0 Å². The van der Waals surface area contributed by atoms with Crippen LogP contribution in [0.2, 0.25) is 0 Å². The van der Waals surface area contributed by atoms with Crippen LogP contribution in [0, 0.1) is 0 Å². The van der Waals surface area contributed by atoms with E-state index in [1.807, 2.05) is 35.7 Å². The zero-order valence-corrected chi connectivity index (χ0v) is 15.0. The molecule has 4 heterocycles. The molecule has 1 N–H and O–H groups in total. The van der Waals surface area contributed by atoms with Crippen LogP contribution >= 0.6 is 11.3 Å². The Bertz CT molecular complexity index is 1030. The summed E-state index contributed by atoms with van der Waals surface area (Å²) in [7, 11) is 0. The number of aromatic nitrogens is 1. The molecule has 2 aliphatic heterocycles. The van der Waals surface area contributed by atoms with Gasteiger partial charge in [-0.05, 0) is 17.5 Å². The fraction of sp³-hybridized carbons (Fsp3) is 0.211. The van der Waals surface area contributed by atoms with E-state index in [1.54, 1.807) is 12.3 Å². The summed E-state index contributed by atoms with van der Waals surface area (Å²) in [4.78, 5) is 32.1. The van der Waals surface area contributed by atoms with Gasteiger partial charge in [0, 0.05) is 12.0 Å². The minimum absolute atomic E-state index is 0.0131. The lowest BCUT2D eigenvalue weighted by Gasteiger charge is -2.33. The first-order chi connectivity index (χ1) is 13.2. The van der Waals surface area contributed by atoms with E-state index in [1.165, 1.54) is 11.3 Å². The van der Waals surface area contributed by atoms with Crippen LogP contribution in [-0.2, 0) is 16.9 Å². The average Bonchev–Trinajstić information content (AvgIpc) is 3.40. The van der Waals surface area contributed by atoms with E-state index in [0.29, 0.717) is 36.0 Å². The predicted molar refractivity (Wildman–Crippen MR) is 97.1 cm³/mol. The molecule has 1 spiro atoms. The molecule has 0 radical (unpaired) electrons. The van der Waals surface area contributed by atoms with E-state index in [4.69, 9.17) is 9.15 Å². The van der Waals surface area contributed by atoms with E-state index in [2.05, 4.69) is 10.3 Å². The third-order valence-corrected chi connectivity index (χ3v) is 5.75. The van der Waals surface area contributed by atoms with Crippen LogP contribution in [-0.4, -0.2) is 28.4 Å². The second-order valence-electron chi connectivity index (χ2n) is 6.42. The van der Waals surface area contributed by atoms with Crippen molar-refractivity contribution in [1.82, 2.24) is 15.2 Å². The van der Waals surface area contributed by atoms with Crippen LogP contribution in [0.15, 0.2) is 52.4 Å². The molecule has 2 aliphatic rings. The summed E-state index contributed by atoms with van der Waals surface area (Å²) >= 11 is 1.54. The number of benzene rings is 1. The largest absolute Gasteiger partial charge is 0.493 e. The maximum absolute atomic E-state index is 13.2. The SMILES string of the molecule is O=C1NC2(CCOc3ccccc32)C(=O)N1Cc1ncc(-c2cccs2)o1. The standard InChI is InChI=1S/C19H15N3O4S/c23-17-19(7-8-25-13-5-2-1-4-12(13)19)21-18(24)22(17)11-16-20-10-14(26-16)15-6-3-9-27-15/h1-6,9-10H,7-8,11H2,(H,21,24). The van der Waals surface area contributed by atoms with Crippen molar-refractivity contribution in [1.29, 1.82) is 0 Å². The highest BCUT2D eigenvalue weighted by atomic mass is 32.1. The van der Waals surface area contributed by atoms with E-state index < -0.39 is 11.6 Å². The number of carbonyl (C=O) groups excluding carboxylic acids is 2. The summed E-state index contributed by atoms with van der Waals surface area (Å²) in [5, 5.41) is 4.82. The molecule has 7 nitrogen and oxygen atoms in total. The van der Waals surface area contributed by atoms with Gasteiger partial charge in [-0.15, -0.1) is 11.3 Å². The van der Waals surface area contributed by atoms with Gasteiger partial charge >= 0.3 is 6.03 Å². The molecule has 8 heteroatoms. The number of amides is 3. The first-order valence-corrected chi connectivity index (χ1v) is 9.40. The number of imide groups is 1. The second kappa shape index (κ2) is 5.95. The Morgan fingerprint density at radius 3 is 2.96 bits per heavy atom. The summed E-state index contributed by atoms with van der Waals surface area (Å²) in [6.45, 7) is 0.346. The molecule has 5 rings (SSSR count). The van der Waals surface area contributed by atoms with Crippen molar-refractivity contribution in [3.8, 4) is 16.4 Å². The van der Waals surface area contributed by atoms with Crippen molar-refractivity contribution >= 4 is 23.3 Å². The highest BCUT2D eigenvalue weighted by molar-refractivity contribution is 7.13. The Hall–Kier alpha value is -3.13. The highest BCUT2D eigenvalue weighted by Crippen LogP contribution is 2.41. The normalized spacial score (nSPS) is 21.3. The molecule has 1 fully saturated rings. The summed E-state index contributed by atoms with van der Waals surface area (Å²) in [6, 6.07) is 10.7. The minimum Gasteiger partial charge on any atom is -0.493 e. The Morgan fingerprint density at radius 1 is 1.22 bits per heavy atom. The number of hydrogen-bond donors (Lipinski definition) is 1. The first kappa shape index (κ1) is 16.1. The fourth-order valence-corrected chi connectivity index (χ4v) is 4.24. The van der Waals surface area contributed by atoms with Crippen molar-refractivity contribution in [3.05, 3.63) is 59.4 Å². The van der Waals surface area contributed by atoms with Gasteiger partial charge in [0.25, 0.3) is 5.91 Å². The molecule has 1 aromatic carbocycles. The van der Waals surface area contributed by atoms with Crippen LogP contribution in [0.1, 0.15) is 17.9 Å². The van der Waals surface area contributed by atoms with Gasteiger partial charge < -0.3 is 14.5 Å². The number of oxazole rings is 1. The van der Waals surface area contributed by atoms with Crippen molar-refractivity contribution < 1.29 is 18.7 Å². The number of fused-ring (bicyclic) bond motifs is 2. The van der Waals surface area contributed by atoms with E-state index >= 15 is 0 Å². The molecule has 27 heavy (non-hydrogen) atoms. The summed E-state index contributed by atoms with van der Waals surface area (Å²) in [5.74, 6) is 1.26. The molecule has 3 aromatic rings. The number of hydrogen-bond acceptors (Lipinski definition) is 6. The quantitative estimate of drug-likeness (QED) is 0.705. The molecule has 3 amide bonds. The molecule has 1 saturated heterocycles. The van der Waals surface area contributed by atoms with Gasteiger partial charge in [-0.2, -0.15) is 0 Å². The smallest absolute Gasteiger partial charge is 0.325 e. The van der Waals surface area contributed by atoms with Crippen LogP contribution in [0.4, 0.5) is 4.79 Å². The van der Waals surface area contributed by atoms with Gasteiger partial charge in [0.1, 0.15) is 12.3 Å². The molecular weight excluding hydrogens is 366 g/mol. The third-order valence-electron chi connectivity index (χ3n) is 4.87. The van der Waals surface area contributed by atoms with Gasteiger partial charge in [-0.3, -0.25) is 9.69 Å². The zero-order chi connectivity index (χ0) is 18.4. The molecule has 0 saturated carbocycles. The predicted octanol–water partition coefficient (Wildman–Crippen LogP) is 3.13. The summed E-state index contributed by atoms with van der Waals surface area (Å²) < 4.78 is 11.4. The van der Waals surface area contributed by atoms with Crippen LogP contribution in [0.5, 0.6) is 5.75 Å². The number of rotatable bonds is 3. The van der Waals surface area contributed by atoms with Gasteiger partial charge in [0.05, 0.1) is 17.7 Å². The van der Waals surface area contributed by atoms with Gasteiger partial charge in [0.15, 0.2) is 11.3 Å². The topological polar surface area (TPSA) is 84.7 Å². The van der Waals surface area contributed by atoms with Gasteiger partial charge in [0.2, 0.25) is 5.89 Å². The zero-order valence-electron chi connectivity index (χ0n) is 14.2. The van der Waals surface area contributed by atoms with Gasteiger partial charge in [-0.25, -0.2) is 9.78 Å². The average molecular weight is 381 g/mol. The first-order valence-electron chi connectivity index (χ1n) is 8.52. The Kier molecular flexibility index (Phi) is 3.54. The number of nitrogens with one attached hydrogen (secondary N) is 1. The monoisotopic (exact) mass is 381 g/mol. The summed E-state index contributed by atoms with van der Waals surface area (Å²) in [5.41, 5.74) is -0.404. The lowest BCUT2D eigenvalue weighted by molar-refractivity contribution is -0.133. The molecular formula is C19H15N3O4S. The van der Waals surface area contributed by atoms with Crippen molar-refractivity contribution in [3.63, 3.8) is 0 Å². The molecule has 2 aromatic heterocycles. The Labute approximate surface area is 158 Å². The number of ether oxygens (including phenoxy) is 1. The molecule has 0 aliphatic carbocycles. The van der Waals surface area contributed by atoms with E-state index in [0.717, 1.165) is 9.78 Å². The van der Waals surface area contributed by atoms with Crippen LogP contribution in [0.25, 0.3) is 10.6 Å². The number of thiophene rings is 1. The number of urea groups is 1. The molecule has 0 bridgehead atoms. The number of carbonyl (C=O) groups is 2. The minimum atomic E-state index is -1.09. The lowest BCUT2D eigenvalue weighted by atomic mass is 9.84. The number of nitrogens with zero attached hydrogens (tertiary/aromatic N) is 2. The van der Waals surface area contributed by atoms with Crippen LogP contribution < -0.4 is 10.1 Å². The highest BCUT2D eigenvalue weighted by Gasteiger charge is 2.55. The molecule has 136 valence electrons. The Balaban J connectivity index is 1.44. The third kappa shape index (κ3) is 2.44. The maximum Gasteiger partial charge on any atom is 0.325 e.